The standard InChI is InChI=1S/C21H28O12/c1-10-16(28)17(29)18(30)21(31-10)33-20(14(26)9-23)19(13(25)8-22)32-15(27)7-4-11-2-5-12(24)6-3-11/h2-7,9-10,13-14,16-22,24-26,28-30H,8H2,1H3. The highest BCUT2D eigenvalue weighted by Crippen LogP contribution is 2.25. The van der Waals surface area contributed by atoms with Crippen molar-refractivity contribution in [3.63, 3.8) is 0 Å². The van der Waals surface area contributed by atoms with E-state index >= 15 is 0 Å². The average molecular weight is 472 g/mol. The lowest BCUT2D eigenvalue weighted by Gasteiger charge is -2.41. The Morgan fingerprint density at radius 1 is 1.09 bits per heavy atom. The fraction of sp³-hybridized carbons (Fsp3) is 0.524. The molecule has 184 valence electrons. The second kappa shape index (κ2) is 12.2. The van der Waals surface area contributed by atoms with Gasteiger partial charge in [-0.05, 0) is 30.7 Å². The molecule has 1 heterocycles. The normalized spacial score (nSPS) is 29.2. The molecule has 9 unspecified atom stereocenters. The van der Waals surface area contributed by atoms with Gasteiger partial charge in [0.1, 0.15) is 42.4 Å². The number of ether oxygens (including phenoxy) is 3. The molecule has 0 radical (unpaired) electrons. The lowest BCUT2D eigenvalue weighted by molar-refractivity contribution is -0.319. The van der Waals surface area contributed by atoms with Crippen molar-refractivity contribution in [2.75, 3.05) is 6.61 Å². The summed E-state index contributed by atoms with van der Waals surface area (Å²) in [7, 11) is 0. The van der Waals surface area contributed by atoms with E-state index in [2.05, 4.69) is 0 Å². The molecule has 1 aliphatic heterocycles. The van der Waals surface area contributed by atoms with E-state index in [1.807, 2.05) is 0 Å². The molecule has 0 aromatic heterocycles. The summed E-state index contributed by atoms with van der Waals surface area (Å²) in [5.41, 5.74) is 0.519. The first-order valence-corrected chi connectivity index (χ1v) is 10.0. The van der Waals surface area contributed by atoms with Gasteiger partial charge in [-0.15, -0.1) is 0 Å². The molecule has 1 aromatic rings. The smallest absolute Gasteiger partial charge is 0.331 e. The SMILES string of the molecule is CC1OC(OC(C(O)C=O)C(OC(=O)C=Cc2ccc(O)cc2)C(O)CO)C(O)C(O)C1O. The molecule has 0 saturated carbocycles. The van der Waals surface area contributed by atoms with E-state index < -0.39 is 67.7 Å². The van der Waals surface area contributed by atoms with E-state index in [-0.39, 0.29) is 12.0 Å². The van der Waals surface area contributed by atoms with Gasteiger partial charge in [-0.2, -0.15) is 0 Å². The predicted molar refractivity (Wildman–Crippen MR) is 109 cm³/mol. The molecule has 1 aromatic carbocycles. The molecule has 0 aliphatic carbocycles. The van der Waals surface area contributed by atoms with Crippen LogP contribution < -0.4 is 0 Å². The second-order valence-corrected chi connectivity index (χ2v) is 7.49. The van der Waals surface area contributed by atoms with Crippen molar-refractivity contribution in [3.05, 3.63) is 35.9 Å². The molecule has 12 nitrogen and oxygen atoms in total. The van der Waals surface area contributed by atoms with E-state index in [9.17, 15) is 45.3 Å². The highest BCUT2D eigenvalue weighted by atomic mass is 16.7. The summed E-state index contributed by atoms with van der Waals surface area (Å²) in [6.45, 7) is 0.423. The van der Waals surface area contributed by atoms with Gasteiger partial charge in [-0.3, -0.25) is 0 Å². The van der Waals surface area contributed by atoms with Crippen LogP contribution in [0.15, 0.2) is 30.3 Å². The number of aliphatic hydroxyl groups is 6. The Hall–Kier alpha value is -2.42. The van der Waals surface area contributed by atoms with Gasteiger partial charge in [0, 0.05) is 6.08 Å². The van der Waals surface area contributed by atoms with Crippen LogP contribution in [-0.2, 0) is 23.8 Å². The number of phenolic OH excluding ortho intramolecular Hbond substituents is 1. The third-order valence-electron chi connectivity index (χ3n) is 5.02. The number of esters is 1. The summed E-state index contributed by atoms with van der Waals surface area (Å²) in [5, 5.41) is 68.8. The zero-order valence-corrected chi connectivity index (χ0v) is 17.6. The van der Waals surface area contributed by atoms with Crippen LogP contribution in [0.25, 0.3) is 6.08 Å². The molecule has 2 rings (SSSR count). The third-order valence-corrected chi connectivity index (χ3v) is 5.02. The number of carbonyl (C=O) groups excluding carboxylic acids is 2. The second-order valence-electron chi connectivity index (χ2n) is 7.49. The first-order valence-electron chi connectivity index (χ1n) is 10.0. The van der Waals surface area contributed by atoms with Gasteiger partial charge >= 0.3 is 5.97 Å². The maximum absolute atomic E-state index is 12.3. The summed E-state index contributed by atoms with van der Waals surface area (Å²) < 4.78 is 15.8. The summed E-state index contributed by atoms with van der Waals surface area (Å²) in [6.07, 6.45) is -12.8. The quantitative estimate of drug-likeness (QED) is 0.107. The van der Waals surface area contributed by atoms with Crippen molar-refractivity contribution in [3.8, 4) is 5.75 Å². The number of hydrogen-bond donors (Lipinski definition) is 7. The molecule has 0 spiro atoms. The molecule has 33 heavy (non-hydrogen) atoms. The van der Waals surface area contributed by atoms with E-state index in [0.29, 0.717) is 5.56 Å². The zero-order chi connectivity index (χ0) is 24.7. The van der Waals surface area contributed by atoms with Crippen molar-refractivity contribution in [2.45, 2.75) is 62.0 Å². The van der Waals surface area contributed by atoms with Crippen LogP contribution in [-0.4, -0.2) is 110 Å². The largest absolute Gasteiger partial charge is 0.508 e. The summed E-state index contributed by atoms with van der Waals surface area (Å²) in [5.74, 6) is -1.02. The number of phenols is 1. The Bertz CT molecular complexity index is 797. The molecular weight excluding hydrogens is 444 g/mol. The lowest BCUT2D eigenvalue weighted by atomic mass is 9.99. The average Bonchev–Trinajstić information content (AvgIpc) is 2.81. The molecule has 9 atom stereocenters. The number of aromatic hydroxyl groups is 1. The van der Waals surface area contributed by atoms with E-state index in [1.54, 1.807) is 0 Å². The van der Waals surface area contributed by atoms with Crippen molar-refractivity contribution in [1.29, 1.82) is 0 Å². The molecule has 1 aliphatic rings. The predicted octanol–water partition coefficient (Wildman–Crippen LogP) is -2.56. The van der Waals surface area contributed by atoms with Gasteiger partial charge in [0.25, 0.3) is 0 Å². The maximum atomic E-state index is 12.3. The number of carbonyl (C=O) groups is 2. The van der Waals surface area contributed by atoms with Crippen LogP contribution in [0.1, 0.15) is 12.5 Å². The molecule has 0 bridgehead atoms. The van der Waals surface area contributed by atoms with Crippen molar-refractivity contribution in [1.82, 2.24) is 0 Å². The van der Waals surface area contributed by atoms with Gasteiger partial charge in [0.15, 0.2) is 18.7 Å². The van der Waals surface area contributed by atoms with Crippen molar-refractivity contribution in [2.24, 2.45) is 0 Å². The lowest BCUT2D eigenvalue weighted by Crippen LogP contribution is -2.60. The van der Waals surface area contributed by atoms with E-state index in [0.717, 1.165) is 6.08 Å². The summed E-state index contributed by atoms with van der Waals surface area (Å²) in [6, 6.07) is 5.78. The molecule has 7 N–H and O–H groups in total. The molecule has 12 heteroatoms. The molecule has 0 amide bonds. The topological polar surface area (TPSA) is 203 Å². The number of benzene rings is 1. The minimum atomic E-state index is -2.00. The van der Waals surface area contributed by atoms with Crippen LogP contribution in [0.3, 0.4) is 0 Å². The van der Waals surface area contributed by atoms with Crippen LogP contribution in [0, 0.1) is 0 Å². The Balaban J connectivity index is 2.21. The van der Waals surface area contributed by atoms with Crippen LogP contribution in [0.4, 0.5) is 0 Å². The fourth-order valence-electron chi connectivity index (χ4n) is 3.10. The first kappa shape index (κ1) is 26.8. The van der Waals surface area contributed by atoms with Gasteiger partial charge in [-0.25, -0.2) is 4.79 Å². The Kier molecular flexibility index (Phi) is 9.88. The molecule has 1 fully saturated rings. The monoisotopic (exact) mass is 472 g/mol. The van der Waals surface area contributed by atoms with E-state index in [1.165, 1.54) is 37.3 Å². The minimum Gasteiger partial charge on any atom is -0.508 e. The third kappa shape index (κ3) is 7.03. The first-order chi connectivity index (χ1) is 15.6. The van der Waals surface area contributed by atoms with Crippen LogP contribution in [0.2, 0.25) is 0 Å². The van der Waals surface area contributed by atoms with Crippen molar-refractivity contribution < 1.29 is 59.5 Å². The van der Waals surface area contributed by atoms with Gasteiger partial charge in [0.05, 0.1) is 12.7 Å². The number of aliphatic hydroxyl groups excluding tert-OH is 6. The Morgan fingerprint density at radius 2 is 1.73 bits per heavy atom. The summed E-state index contributed by atoms with van der Waals surface area (Å²) >= 11 is 0. The highest BCUT2D eigenvalue weighted by molar-refractivity contribution is 5.87. The summed E-state index contributed by atoms with van der Waals surface area (Å²) in [4.78, 5) is 23.6. The number of aldehydes is 1. The fourth-order valence-corrected chi connectivity index (χ4v) is 3.10. The Morgan fingerprint density at radius 3 is 2.30 bits per heavy atom. The maximum Gasteiger partial charge on any atom is 0.331 e. The number of rotatable bonds is 10. The van der Waals surface area contributed by atoms with Gasteiger partial charge in [-0.1, -0.05) is 12.1 Å². The zero-order valence-electron chi connectivity index (χ0n) is 17.6. The van der Waals surface area contributed by atoms with Crippen LogP contribution in [0.5, 0.6) is 5.75 Å². The van der Waals surface area contributed by atoms with Crippen LogP contribution >= 0.6 is 0 Å². The van der Waals surface area contributed by atoms with Gasteiger partial charge in [0.2, 0.25) is 0 Å². The van der Waals surface area contributed by atoms with E-state index in [4.69, 9.17) is 14.2 Å². The molecule has 1 saturated heterocycles. The molecular formula is C21H28O12. The van der Waals surface area contributed by atoms with Gasteiger partial charge < -0.3 is 54.8 Å². The van der Waals surface area contributed by atoms with Crippen molar-refractivity contribution >= 4 is 18.3 Å². The Labute approximate surface area is 188 Å². The number of hydrogen-bond acceptors (Lipinski definition) is 12. The highest BCUT2D eigenvalue weighted by Gasteiger charge is 2.46. The minimum absolute atomic E-state index is 0.0165.